The lowest BCUT2D eigenvalue weighted by Crippen LogP contribution is -2.50. The number of ether oxygens (including phenoxy) is 1. The average Bonchev–Trinajstić information content (AvgIpc) is 2.94. The molecule has 160 valence electrons. The maximum Gasteiger partial charge on any atom is 0.197 e. The van der Waals surface area contributed by atoms with Gasteiger partial charge in [-0.2, -0.15) is 0 Å². The number of methoxy groups -OCH3 is 1. The van der Waals surface area contributed by atoms with Gasteiger partial charge in [0.1, 0.15) is 5.82 Å². The summed E-state index contributed by atoms with van der Waals surface area (Å²) in [4.78, 5) is 9.75. The van der Waals surface area contributed by atoms with Crippen molar-refractivity contribution in [2.45, 2.75) is 56.3 Å². The minimum absolute atomic E-state index is 0.104. The Balaban J connectivity index is 1.53. The van der Waals surface area contributed by atoms with Crippen LogP contribution in [0.15, 0.2) is 17.3 Å². The molecule has 2 saturated heterocycles. The Morgan fingerprint density at radius 1 is 1.28 bits per heavy atom. The molecule has 4 atom stereocenters. The van der Waals surface area contributed by atoms with Gasteiger partial charge in [0.15, 0.2) is 5.16 Å². The second-order valence-corrected chi connectivity index (χ2v) is 9.67. The zero-order chi connectivity index (χ0) is 20.4. The largest absolute Gasteiger partial charge is 0.381 e. The molecule has 0 amide bonds. The van der Waals surface area contributed by atoms with Crippen LogP contribution >= 0.6 is 0 Å². The minimum Gasteiger partial charge on any atom is -0.381 e. The van der Waals surface area contributed by atoms with Crippen LogP contribution < -0.4 is 10.2 Å². The second kappa shape index (κ2) is 9.10. The number of aromatic nitrogens is 2. The zero-order valence-corrected chi connectivity index (χ0v) is 18.1. The van der Waals surface area contributed by atoms with Gasteiger partial charge in [-0.1, -0.05) is 19.8 Å². The van der Waals surface area contributed by atoms with Crippen LogP contribution in [0, 0.1) is 11.7 Å². The van der Waals surface area contributed by atoms with Crippen LogP contribution in [-0.4, -0.2) is 58.8 Å². The van der Waals surface area contributed by atoms with E-state index in [1.54, 1.807) is 13.2 Å². The van der Waals surface area contributed by atoms with Gasteiger partial charge < -0.3 is 19.9 Å². The van der Waals surface area contributed by atoms with Crippen LogP contribution in [0.5, 0.6) is 0 Å². The molecular weight excluding hydrogens is 391 g/mol. The third-order valence-corrected chi connectivity index (χ3v) is 7.67. The highest BCUT2D eigenvalue weighted by Crippen LogP contribution is 2.28. The molecule has 0 saturated carbocycles. The normalized spacial score (nSPS) is 27.1. The molecule has 4 rings (SSSR count). The first kappa shape index (κ1) is 20.8. The van der Waals surface area contributed by atoms with Gasteiger partial charge in [-0.15, -0.1) is 0 Å². The quantitative estimate of drug-likeness (QED) is 0.774. The van der Waals surface area contributed by atoms with Gasteiger partial charge in [-0.3, -0.25) is 4.21 Å². The first-order valence-corrected chi connectivity index (χ1v) is 12.0. The Labute approximate surface area is 174 Å². The summed E-state index contributed by atoms with van der Waals surface area (Å²) in [5.41, 5.74) is 1.88. The smallest absolute Gasteiger partial charge is 0.197 e. The molecule has 2 aliphatic rings. The van der Waals surface area contributed by atoms with E-state index in [1.807, 2.05) is 0 Å². The molecule has 0 aliphatic carbocycles. The lowest BCUT2D eigenvalue weighted by molar-refractivity contribution is 0.0224. The molecule has 4 unspecified atom stereocenters. The number of benzene rings is 1. The van der Waals surface area contributed by atoms with Gasteiger partial charge >= 0.3 is 0 Å². The predicted molar refractivity (Wildman–Crippen MR) is 114 cm³/mol. The van der Waals surface area contributed by atoms with Crippen molar-refractivity contribution >= 4 is 27.5 Å². The van der Waals surface area contributed by atoms with Gasteiger partial charge in [-0.05, 0) is 37.8 Å². The highest BCUT2D eigenvalue weighted by molar-refractivity contribution is 7.84. The van der Waals surface area contributed by atoms with Crippen molar-refractivity contribution < 1.29 is 13.3 Å². The number of halogens is 1. The SMILES string of the molecule is COC1CCNC(CS(=O)c2nc3cc(N4CCCCCC4)c(F)cc3[nH]2)C1C. The Morgan fingerprint density at radius 3 is 2.76 bits per heavy atom. The first-order chi connectivity index (χ1) is 14.1. The van der Waals surface area contributed by atoms with E-state index in [1.165, 1.54) is 18.9 Å². The van der Waals surface area contributed by atoms with E-state index in [0.717, 1.165) is 38.9 Å². The average molecular weight is 423 g/mol. The Bertz CT molecular complexity index is 866. The molecule has 2 aromatic rings. The van der Waals surface area contributed by atoms with E-state index in [-0.39, 0.29) is 23.9 Å². The number of piperidine rings is 1. The lowest BCUT2D eigenvalue weighted by atomic mass is 9.91. The molecule has 3 heterocycles. The van der Waals surface area contributed by atoms with Crippen molar-refractivity contribution in [2.24, 2.45) is 5.92 Å². The van der Waals surface area contributed by atoms with Crippen molar-refractivity contribution in [3.05, 3.63) is 17.9 Å². The van der Waals surface area contributed by atoms with Crippen LogP contribution in [0.25, 0.3) is 11.0 Å². The molecule has 2 N–H and O–H groups in total. The van der Waals surface area contributed by atoms with Crippen molar-refractivity contribution in [1.82, 2.24) is 15.3 Å². The fourth-order valence-electron chi connectivity index (χ4n) is 4.56. The molecule has 29 heavy (non-hydrogen) atoms. The third kappa shape index (κ3) is 4.49. The van der Waals surface area contributed by atoms with Gasteiger partial charge in [0.2, 0.25) is 0 Å². The predicted octanol–water partition coefficient (Wildman–Crippen LogP) is 3.20. The monoisotopic (exact) mass is 422 g/mol. The van der Waals surface area contributed by atoms with Crippen LogP contribution in [0.1, 0.15) is 39.0 Å². The molecule has 0 spiro atoms. The van der Waals surface area contributed by atoms with Crippen molar-refractivity contribution in [3.63, 3.8) is 0 Å². The van der Waals surface area contributed by atoms with Gasteiger partial charge in [-0.25, -0.2) is 9.37 Å². The van der Waals surface area contributed by atoms with Gasteiger partial charge in [0, 0.05) is 38.1 Å². The molecular formula is C21H31FN4O2S. The number of fused-ring (bicyclic) bond motifs is 1. The summed E-state index contributed by atoms with van der Waals surface area (Å²) in [6, 6.07) is 3.40. The molecule has 6 nitrogen and oxygen atoms in total. The number of nitrogens with zero attached hydrogens (tertiary/aromatic N) is 2. The van der Waals surface area contributed by atoms with Gasteiger partial charge in [0.25, 0.3) is 0 Å². The summed E-state index contributed by atoms with van der Waals surface area (Å²) in [6.45, 7) is 4.73. The van der Waals surface area contributed by atoms with E-state index in [9.17, 15) is 8.60 Å². The van der Waals surface area contributed by atoms with Crippen LogP contribution in [0.4, 0.5) is 10.1 Å². The molecule has 1 aromatic carbocycles. The van der Waals surface area contributed by atoms with E-state index >= 15 is 0 Å². The number of H-pyrrole nitrogens is 1. The summed E-state index contributed by atoms with van der Waals surface area (Å²) < 4.78 is 33.3. The van der Waals surface area contributed by atoms with Crippen molar-refractivity contribution in [1.29, 1.82) is 0 Å². The number of nitrogens with one attached hydrogen (secondary N) is 2. The number of rotatable bonds is 5. The van der Waals surface area contributed by atoms with E-state index in [2.05, 4.69) is 27.1 Å². The molecule has 0 radical (unpaired) electrons. The fraction of sp³-hybridized carbons (Fsp3) is 0.667. The summed E-state index contributed by atoms with van der Waals surface area (Å²) in [7, 11) is 0.440. The number of anilines is 1. The molecule has 1 aromatic heterocycles. The lowest BCUT2D eigenvalue weighted by Gasteiger charge is -2.35. The standard InChI is InChI=1S/C21H31FN4O2S/c1-14-18(23-8-7-20(14)28-2)13-29(27)21-24-16-11-15(22)19(12-17(16)25-21)26-9-5-3-4-6-10-26/h11-12,14,18,20,23H,3-10,13H2,1-2H3,(H,24,25). The molecule has 0 bridgehead atoms. The van der Waals surface area contributed by atoms with E-state index in [4.69, 9.17) is 4.74 Å². The third-order valence-electron chi connectivity index (χ3n) is 6.38. The van der Waals surface area contributed by atoms with Crippen LogP contribution in [-0.2, 0) is 15.5 Å². The molecule has 8 heteroatoms. The first-order valence-electron chi connectivity index (χ1n) is 10.7. The van der Waals surface area contributed by atoms with E-state index < -0.39 is 10.8 Å². The molecule has 2 aliphatic heterocycles. The Kier molecular flexibility index (Phi) is 6.51. The highest BCUT2D eigenvalue weighted by atomic mass is 32.2. The summed E-state index contributed by atoms with van der Waals surface area (Å²) >= 11 is 0. The fourth-order valence-corrected chi connectivity index (χ4v) is 5.89. The minimum atomic E-state index is -1.29. The summed E-state index contributed by atoms with van der Waals surface area (Å²) in [6.07, 6.45) is 5.71. The summed E-state index contributed by atoms with van der Waals surface area (Å²) in [5.74, 6) is 0.488. The second-order valence-electron chi connectivity index (χ2n) is 8.26. The molecule has 2 fully saturated rings. The van der Waals surface area contributed by atoms with E-state index in [0.29, 0.717) is 27.6 Å². The number of hydrogen-bond donors (Lipinski definition) is 2. The zero-order valence-electron chi connectivity index (χ0n) is 17.2. The highest BCUT2D eigenvalue weighted by Gasteiger charge is 2.31. The number of imidazole rings is 1. The van der Waals surface area contributed by atoms with Crippen LogP contribution in [0.3, 0.4) is 0 Å². The van der Waals surface area contributed by atoms with Crippen LogP contribution in [0.2, 0.25) is 0 Å². The maximum absolute atomic E-state index is 14.8. The van der Waals surface area contributed by atoms with Crippen molar-refractivity contribution in [2.75, 3.05) is 37.4 Å². The maximum atomic E-state index is 14.8. The topological polar surface area (TPSA) is 70.2 Å². The summed E-state index contributed by atoms with van der Waals surface area (Å²) in [5, 5.41) is 3.87. The van der Waals surface area contributed by atoms with Crippen molar-refractivity contribution in [3.8, 4) is 0 Å². The van der Waals surface area contributed by atoms with Gasteiger partial charge in [0.05, 0.1) is 33.6 Å². The number of aromatic amines is 1. The number of hydrogen-bond acceptors (Lipinski definition) is 5. The Morgan fingerprint density at radius 2 is 2.03 bits per heavy atom. The Hall–Kier alpha value is -1.51.